The topological polar surface area (TPSA) is 122 Å². The number of hydrogen-bond acceptors (Lipinski definition) is 8. The zero-order chi connectivity index (χ0) is 31.1. The van der Waals surface area contributed by atoms with Crippen LogP contribution in [0.5, 0.6) is 5.75 Å². The molecule has 2 fully saturated rings. The molecule has 230 valence electrons. The van der Waals surface area contributed by atoms with Crippen molar-refractivity contribution in [1.82, 2.24) is 10.2 Å². The number of carbonyl (C=O) groups excluding carboxylic acids is 3. The second kappa shape index (κ2) is 14.4. The number of unbranched alkanes of at least 4 members (excludes halogenated alkanes) is 3. The standard InChI is InChI=1S/C26H38N2O5S.C2HF3O2/c1-7-8-9-10-13-34-19-12-11-17(14-18(19)32-5)22-20-21(24(30)28(4)23(20)29)26(27-22,15-16(2)3)25(31)33-6;3-2(4,5)1(6)7/h11-12,14,16,20-22,27H,7-10,13,15H2,1-6H3;(H,6,7)/t20-,21-,22-,26-;/m1./s1. The van der Waals surface area contributed by atoms with Crippen LogP contribution in [0.3, 0.4) is 0 Å². The van der Waals surface area contributed by atoms with Crippen molar-refractivity contribution in [3.63, 3.8) is 0 Å². The zero-order valence-electron chi connectivity index (χ0n) is 24.2. The molecule has 0 unspecified atom stereocenters. The summed E-state index contributed by atoms with van der Waals surface area (Å²) in [6.45, 7) is 6.19. The third-order valence-electron chi connectivity index (χ3n) is 7.20. The smallest absolute Gasteiger partial charge is 0.490 e. The number of carboxylic acids is 1. The lowest BCUT2D eigenvalue weighted by Crippen LogP contribution is -2.56. The Morgan fingerprint density at radius 1 is 1.15 bits per heavy atom. The number of imide groups is 1. The van der Waals surface area contributed by atoms with Crippen molar-refractivity contribution < 1.29 is 46.9 Å². The second-order valence-corrected chi connectivity index (χ2v) is 11.7. The fourth-order valence-corrected chi connectivity index (χ4v) is 6.44. The number of methoxy groups -OCH3 is 2. The molecule has 0 saturated carbocycles. The van der Waals surface area contributed by atoms with E-state index in [2.05, 4.69) is 12.2 Å². The van der Waals surface area contributed by atoms with Crippen LogP contribution in [-0.2, 0) is 23.9 Å². The number of thioether (sulfide) groups is 1. The minimum Gasteiger partial charge on any atom is -0.496 e. The van der Waals surface area contributed by atoms with Gasteiger partial charge in [-0.05, 0) is 42.2 Å². The van der Waals surface area contributed by atoms with Gasteiger partial charge in [0.1, 0.15) is 11.3 Å². The number of amides is 2. The van der Waals surface area contributed by atoms with Crippen molar-refractivity contribution in [2.24, 2.45) is 17.8 Å². The first-order chi connectivity index (χ1) is 19.2. The van der Waals surface area contributed by atoms with E-state index < -0.39 is 41.5 Å². The molecule has 1 aromatic carbocycles. The molecule has 2 heterocycles. The van der Waals surface area contributed by atoms with Crippen LogP contribution in [0.2, 0.25) is 0 Å². The first kappa shape index (κ1) is 34.4. The number of esters is 1. The van der Waals surface area contributed by atoms with Crippen molar-refractivity contribution in [2.45, 2.75) is 75.5 Å². The Morgan fingerprint density at radius 3 is 2.29 bits per heavy atom. The minimum atomic E-state index is -5.08. The highest BCUT2D eigenvalue weighted by Crippen LogP contribution is 2.51. The van der Waals surface area contributed by atoms with Crippen LogP contribution < -0.4 is 10.1 Å². The Morgan fingerprint density at radius 2 is 1.78 bits per heavy atom. The number of carbonyl (C=O) groups is 4. The Hall–Kier alpha value is -2.80. The lowest BCUT2D eigenvalue weighted by molar-refractivity contribution is -0.192. The monoisotopic (exact) mass is 604 g/mol. The molecule has 2 amide bonds. The van der Waals surface area contributed by atoms with Gasteiger partial charge in [0.15, 0.2) is 0 Å². The van der Waals surface area contributed by atoms with Gasteiger partial charge in [0, 0.05) is 18.0 Å². The van der Waals surface area contributed by atoms with Crippen LogP contribution in [0.25, 0.3) is 0 Å². The maximum atomic E-state index is 13.2. The SMILES string of the molecule is CCCCCCSc1ccc([C@H]2N[C@@](CC(C)C)(C(=O)OC)[C@H]3C(=O)N(C)C(=O)[C@@H]23)cc1OC.O=C(O)C(F)(F)F. The van der Waals surface area contributed by atoms with Gasteiger partial charge in [0.05, 0.1) is 26.1 Å². The summed E-state index contributed by atoms with van der Waals surface area (Å²) in [6, 6.07) is 5.43. The minimum absolute atomic E-state index is 0.112. The van der Waals surface area contributed by atoms with E-state index in [1.54, 1.807) is 18.9 Å². The van der Waals surface area contributed by atoms with Gasteiger partial charge in [0.2, 0.25) is 11.8 Å². The van der Waals surface area contributed by atoms with Crippen LogP contribution >= 0.6 is 11.8 Å². The van der Waals surface area contributed by atoms with Crippen molar-refractivity contribution in [3.05, 3.63) is 23.8 Å². The Balaban J connectivity index is 0.000000745. The third kappa shape index (κ3) is 7.73. The summed E-state index contributed by atoms with van der Waals surface area (Å²) in [7, 11) is 4.46. The van der Waals surface area contributed by atoms with Crippen LogP contribution in [-0.4, -0.2) is 72.5 Å². The van der Waals surface area contributed by atoms with Gasteiger partial charge in [-0.1, -0.05) is 46.1 Å². The van der Waals surface area contributed by atoms with Crippen molar-refractivity contribution in [3.8, 4) is 5.75 Å². The average Bonchev–Trinajstić information content (AvgIpc) is 3.36. The molecule has 2 aliphatic rings. The van der Waals surface area contributed by atoms with Crippen LogP contribution in [0.4, 0.5) is 13.2 Å². The van der Waals surface area contributed by atoms with Crippen LogP contribution in [0.1, 0.15) is 64.5 Å². The molecule has 3 rings (SSSR count). The number of benzene rings is 1. The maximum absolute atomic E-state index is 13.2. The number of carboxylic acid groups (broad SMARTS) is 1. The summed E-state index contributed by atoms with van der Waals surface area (Å²) in [4.78, 5) is 50.6. The Kier molecular flexibility index (Phi) is 12.1. The van der Waals surface area contributed by atoms with E-state index >= 15 is 0 Å². The van der Waals surface area contributed by atoms with Crippen molar-refractivity contribution >= 4 is 35.5 Å². The quantitative estimate of drug-likeness (QED) is 0.158. The van der Waals surface area contributed by atoms with Gasteiger partial charge in [-0.25, -0.2) is 4.79 Å². The Bertz CT molecular complexity index is 1110. The summed E-state index contributed by atoms with van der Waals surface area (Å²) >= 11 is 1.76. The predicted molar refractivity (Wildman–Crippen MR) is 146 cm³/mol. The number of rotatable bonds is 11. The highest BCUT2D eigenvalue weighted by molar-refractivity contribution is 7.99. The van der Waals surface area contributed by atoms with Gasteiger partial charge >= 0.3 is 18.1 Å². The summed E-state index contributed by atoms with van der Waals surface area (Å²) < 4.78 is 42.6. The first-order valence-electron chi connectivity index (χ1n) is 13.4. The number of aliphatic carboxylic acids is 1. The second-order valence-electron chi connectivity index (χ2n) is 10.5. The van der Waals surface area contributed by atoms with E-state index in [1.165, 1.54) is 38.3 Å². The number of hydrogen-bond donors (Lipinski definition) is 2. The lowest BCUT2D eigenvalue weighted by atomic mass is 9.75. The summed E-state index contributed by atoms with van der Waals surface area (Å²) in [5.74, 6) is -3.47. The summed E-state index contributed by atoms with van der Waals surface area (Å²) in [6.07, 6.45) is 0.129. The Labute approximate surface area is 242 Å². The third-order valence-corrected chi connectivity index (χ3v) is 8.34. The fourth-order valence-electron chi connectivity index (χ4n) is 5.43. The largest absolute Gasteiger partial charge is 0.496 e. The van der Waals surface area contributed by atoms with Gasteiger partial charge < -0.3 is 14.6 Å². The molecule has 0 bridgehead atoms. The summed E-state index contributed by atoms with van der Waals surface area (Å²) in [5, 5.41) is 10.5. The lowest BCUT2D eigenvalue weighted by Gasteiger charge is -2.33. The molecule has 41 heavy (non-hydrogen) atoms. The van der Waals surface area contributed by atoms with Crippen LogP contribution in [0, 0.1) is 17.8 Å². The highest BCUT2D eigenvalue weighted by atomic mass is 32.2. The first-order valence-corrected chi connectivity index (χ1v) is 14.4. The molecule has 0 aromatic heterocycles. The molecule has 13 heteroatoms. The number of nitrogens with zero attached hydrogens (tertiary/aromatic N) is 1. The van der Waals surface area contributed by atoms with Gasteiger partial charge in [-0.3, -0.25) is 24.6 Å². The van der Waals surface area contributed by atoms with E-state index in [4.69, 9.17) is 19.4 Å². The van der Waals surface area contributed by atoms with E-state index in [1.807, 2.05) is 32.0 Å². The van der Waals surface area contributed by atoms with Gasteiger partial charge in [-0.15, -0.1) is 11.8 Å². The molecule has 0 aliphatic carbocycles. The van der Waals surface area contributed by atoms with Crippen molar-refractivity contribution in [1.29, 1.82) is 0 Å². The molecule has 1 aromatic rings. The number of nitrogens with one attached hydrogen (secondary N) is 1. The van der Waals surface area contributed by atoms with E-state index in [-0.39, 0.29) is 17.7 Å². The van der Waals surface area contributed by atoms with E-state index in [9.17, 15) is 27.6 Å². The van der Waals surface area contributed by atoms with Gasteiger partial charge in [0.25, 0.3) is 0 Å². The molecule has 0 spiro atoms. The average molecular weight is 605 g/mol. The molecule has 4 atom stereocenters. The molecule has 0 radical (unpaired) electrons. The number of fused-ring (bicyclic) bond motifs is 1. The molecular weight excluding hydrogens is 565 g/mol. The number of likely N-dealkylation sites (tertiary alicyclic amines) is 1. The fraction of sp³-hybridized carbons (Fsp3) is 0.643. The maximum Gasteiger partial charge on any atom is 0.490 e. The molecule has 2 N–H and O–H groups in total. The normalized spacial score (nSPS) is 23.8. The molecular formula is C28H39F3N2O7S. The van der Waals surface area contributed by atoms with E-state index in [0.717, 1.165) is 28.4 Å². The van der Waals surface area contributed by atoms with Gasteiger partial charge in [-0.2, -0.15) is 13.2 Å². The molecule has 2 saturated heterocycles. The summed E-state index contributed by atoms with van der Waals surface area (Å²) in [5.41, 5.74) is -0.427. The van der Waals surface area contributed by atoms with Crippen LogP contribution in [0.15, 0.2) is 23.1 Å². The number of ether oxygens (including phenoxy) is 2. The number of alkyl halides is 3. The zero-order valence-corrected chi connectivity index (χ0v) is 25.0. The van der Waals surface area contributed by atoms with Crippen molar-refractivity contribution in [2.75, 3.05) is 27.0 Å². The molecule has 2 aliphatic heterocycles. The molecule has 9 nitrogen and oxygen atoms in total. The number of halogens is 3. The van der Waals surface area contributed by atoms with E-state index in [0.29, 0.717) is 6.42 Å². The predicted octanol–water partition coefficient (Wildman–Crippen LogP) is 4.83. The highest BCUT2D eigenvalue weighted by Gasteiger charge is 2.68.